The van der Waals surface area contributed by atoms with Gasteiger partial charge >= 0.3 is 5.97 Å². The molecule has 1 aromatic carbocycles. The summed E-state index contributed by atoms with van der Waals surface area (Å²) < 4.78 is 9.71. The fourth-order valence-corrected chi connectivity index (χ4v) is 2.44. The van der Waals surface area contributed by atoms with Crippen molar-refractivity contribution in [2.24, 2.45) is 5.92 Å². The molecule has 134 valence electrons. The summed E-state index contributed by atoms with van der Waals surface area (Å²) in [5, 5.41) is 6.41. The predicted molar refractivity (Wildman–Crippen MR) is 93.1 cm³/mol. The number of aryl methyl sites for hydroxylation is 1. The third-order valence-electron chi connectivity index (χ3n) is 3.66. The summed E-state index contributed by atoms with van der Waals surface area (Å²) >= 11 is 0. The van der Waals surface area contributed by atoms with Gasteiger partial charge in [0.2, 0.25) is 5.76 Å². The summed E-state index contributed by atoms with van der Waals surface area (Å²) in [6.07, 6.45) is 1.03. The maximum atomic E-state index is 11.9. The van der Waals surface area contributed by atoms with Gasteiger partial charge in [0.25, 0.3) is 5.91 Å². The second kappa shape index (κ2) is 8.46. The molecule has 0 aliphatic rings. The van der Waals surface area contributed by atoms with E-state index in [1.54, 1.807) is 6.92 Å². The Balaban J connectivity index is 1.82. The van der Waals surface area contributed by atoms with Crippen LogP contribution in [0.4, 0.5) is 0 Å². The van der Waals surface area contributed by atoms with E-state index in [1.165, 1.54) is 11.6 Å². The molecule has 1 heterocycles. The van der Waals surface area contributed by atoms with Gasteiger partial charge < -0.3 is 14.6 Å². The highest BCUT2D eigenvalue weighted by atomic mass is 16.6. The fourth-order valence-electron chi connectivity index (χ4n) is 2.44. The molecule has 0 saturated heterocycles. The lowest BCUT2D eigenvalue weighted by molar-refractivity contribution is -0.124. The van der Waals surface area contributed by atoms with E-state index in [1.807, 2.05) is 19.1 Å². The van der Waals surface area contributed by atoms with Gasteiger partial charge in [-0.2, -0.15) is 0 Å². The second-order valence-electron chi connectivity index (χ2n) is 6.54. The molecule has 0 unspecified atom stereocenters. The molecule has 2 rings (SSSR count). The molecule has 0 radical (unpaired) electrons. The number of hydrogen-bond acceptors (Lipinski definition) is 5. The Morgan fingerprint density at radius 2 is 1.88 bits per heavy atom. The van der Waals surface area contributed by atoms with E-state index in [-0.39, 0.29) is 24.3 Å². The van der Waals surface area contributed by atoms with Crippen LogP contribution in [-0.2, 0) is 16.0 Å². The Morgan fingerprint density at radius 3 is 2.44 bits per heavy atom. The maximum absolute atomic E-state index is 11.9. The van der Waals surface area contributed by atoms with Gasteiger partial charge in [0.1, 0.15) is 0 Å². The molecule has 1 N–H and O–H groups in total. The third-order valence-corrected chi connectivity index (χ3v) is 3.66. The van der Waals surface area contributed by atoms with Crippen molar-refractivity contribution >= 4 is 11.9 Å². The number of rotatable bonds is 7. The van der Waals surface area contributed by atoms with Gasteiger partial charge in [-0.3, -0.25) is 4.79 Å². The van der Waals surface area contributed by atoms with Crippen LogP contribution in [0.15, 0.2) is 34.9 Å². The van der Waals surface area contributed by atoms with E-state index in [9.17, 15) is 9.59 Å². The molecule has 1 amide bonds. The molecule has 6 nitrogen and oxygen atoms in total. The number of carbonyl (C=O) groups is 2. The molecule has 0 saturated carbocycles. The zero-order valence-electron chi connectivity index (χ0n) is 15.0. The second-order valence-corrected chi connectivity index (χ2v) is 6.54. The highest BCUT2D eigenvalue weighted by molar-refractivity contribution is 5.88. The molecular formula is C19H24N2O4. The summed E-state index contributed by atoms with van der Waals surface area (Å²) in [6.45, 7) is 7.57. The van der Waals surface area contributed by atoms with Gasteiger partial charge in [-0.15, -0.1) is 0 Å². The van der Waals surface area contributed by atoms with Crippen molar-refractivity contribution < 1.29 is 18.8 Å². The van der Waals surface area contributed by atoms with Crippen LogP contribution in [0.5, 0.6) is 0 Å². The quantitative estimate of drug-likeness (QED) is 0.780. The molecular weight excluding hydrogens is 320 g/mol. The van der Waals surface area contributed by atoms with E-state index >= 15 is 0 Å². The minimum atomic E-state index is -0.707. The van der Waals surface area contributed by atoms with Gasteiger partial charge in [0, 0.05) is 6.07 Å². The lowest BCUT2D eigenvalue weighted by Gasteiger charge is -2.15. The average molecular weight is 344 g/mol. The Kier molecular flexibility index (Phi) is 6.33. The van der Waals surface area contributed by atoms with Crippen molar-refractivity contribution in [1.82, 2.24) is 10.5 Å². The topological polar surface area (TPSA) is 81.4 Å². The van der Waals surface area contributed by atoms with Gasteiger partial charge in [-0.25, -0.2) is 4.79 Å². The Labute approximate surface area is 147 Å². The molecule has 6 heteroatoms. The number of carbonyl (C=O) groups excluding carboxylic acids is 2. The monoisotopic (exact) mass is 344 g/mol. The summed E-state index contributed by atoms with van der Waals surface area (Å²) in [5.41, 5.74) is 2.84. The molecule has 2 aromatic rings. The average Bonchev–Trinajstić information content (AvgIpc) is 2.99. The van der Waals surface area contributed by atoms with Crippen molar-refractivity contribution in [3.63, 3.8) is 0 Å². The Morgan fingerprint density at radius 1 is 1.20 bits per heavy atom. The van der Waals surface area contributed by atoms with Crippen LogP contribution in [0.25, 0.3) is 0 Å². The molecule has 0 fully saturated rings. The summed E-state index contributed by atoms with van der Waals surface area (Å²) in [5.74, 6) is -0.491. The molecule has 0 bridgehead atoms. The first kappa shape index (κ1) is 18.7. The maximum Gasteiger partial charge on any atom is 0.377 e. The first-order chi connectivity index (χ1) is 11.8. The number of esters is 1. The van der Waals surface area contributed by atoms with Crippen LogP contribution in [0.1, 0.15) is 54.2 Å². The lowest BCUT2D eigenvalue weighted by Crippen LogP contribution is -2.31. The zero-order valence-corrected chi connectivity index (χ0v) is 15.0. The van der Waals surface area contributed by atoms with Crippen molar-refractivity contribution in [1.29, 1.82) is 0 Å². The number of nitrogens with one attached hydrogen (secondary N) is 1. The molecule has 1 aromatic heterocycles. The zero-order chi connectivity index (χ0) is 18.4. The summed E-state index contributed by atoms with van der Waals surface area (Å²) in [6, 6.07) is 9.44. The number of benzene rings is 1. The van der Waals surface area contributed by atoms with E-state index in [4.69, 9.17) is 9.26 Å². The van der Waals surface area contributed by atoms with Gasteiger partial charge in [-0.1, -0.05) is 43.3 Å². The SMILES string of the molecule is Cc1cc(C(=O)OCC(=O)N[C@@H](C)c2ccc(CC(C)C)cc2)on1. The highest BCUT2D eigenvalue weighted by Gasteiger charge is 2.16. The van der Waals surface area contributed by atoms with Crippen molar-refractivity contribution in [2.75, 3.05) is 6.61 Å². The molecule has 0 aliphatic carbocycles. The minimum absolute atomic E-state index is 0.0147. The van der Waals surface area contributed by atoms with Crippen molar-refractivity contribution in [3.8, 4) is 0 Å². The Bertz CT molecular complexity index is 719. The first-order valence-corrected chi connectivity index (χ1v) is 8.33. The van der Waals surface area contributed by atoms with E-state index in [0.29, 0.717) is 11.6 Å². The number of hydrogen-bond donors (Lipinski definition) is 1. The Hall–Kier alpha value is -2.63. The van der Waals surface area contributed by atoms with Gasteiger partial charge in [0.15, 0.2) is 6.61 Å². The minimum Gasteiger partial charge on any atom is -0.450 e. The smallest absolute Gasteiger partial charge is 0.377 e. The van der Waals surface area contributed by atoms with Gasteiger partial charge in [-0.05, 0) is 37.3 Å². The van der Waals surface area contributed by atoms with E-state index in [2.05, 4.69) is 36.5 Å². The number of ether oxygens (including phenoxy) is 1. The summed E-state index contributed by atoms with van der Waals surface area (Å²) in [7, 11) is 0. The standard InChI is InChI=1S/C19H24N2O4/c1-12(2)9-15-5-7-16(8-6-15)14(4)20-18(22)11-24-19(23)17-10-13(3)21-25-17/h5-8,10,12,14H,9,11H2,1-4H3,(H,20,22)/t14-/m0/s1. The largest absolute Gasteiger partial charge is 0.450 e. The summed E-state index contributed by atoms with van der Waals surface area (Å²) in [4.78, 5) is 23.7. The third kappa shape index (κ3) is 5.74. The van der Waals surface area contributed by atoms with Crippen molar-refractivity contribution in [2.45, 2.75) is 40.2 Å². The molecule has 0 aliphatic heterocycles. The van der Waals surface area contributed by atoms with Crippen LogP contribution >= 0.6 is 0 Å². The fraction of sp³-hybridized carbons (Fsp3) is 0.421. The lowest BCUT2D eigenvalue weighted by atomic mass is 10.00. The molecule has 0 spiro atoms. The van der Waals surface area contributed by atoms with Crippen LogP contribution in [0.3, 0.4) is 0 Å². The molecule has 1 atom stereocenters. The highest BCUT2D eigenvalue weighted by Crippen LogP contribution is 2.15. The normalized spacial score (nSPS) is 12.0. The van der Waals surface area contributed by atoms with E-state index in [0.717, 1.165) is 12.0 Å². The van der Waals surface area contributed by atoms with Crippen LogP contribution < -0.4 is 5.32 Å². The first-order valence-electron chi connectivity index (χ1n) is 8.33. The van der Waals surface area contributed by atoms with Crippen molar-refractivity contribution in [3.05, 3.63) is 52.9 Å². The van der Waals surface area contributed by atoms with Crippen LogP contribution in [0.2, 0.25) is 0 Å². The van der Waals surface area contributed by atoms with E-state index < -0.39 is 5.97 Å². The number of amides is 1. The van der Waals surface area contributed by atoms with Gasteiger partial charge in [0.05, 0.1) is 11.7 Å². The van der Waals surface area contributed by atoms with Crippen LogP contribution in [-0.4, -0.2) is 23.6 Å². The predicted octanol–water partition coefficient (Wildman–Crippen LogP) is 3.22. The number of aromatic nitrogens is 1. The number of nitrogens with zero attached hydrogens (tertiary/aromatic N) is 1. The molecule has 25 heavy (non-hydrogen) atoms. The van der Waals surface area contributed by atoms with Crippen LogP contribution in [0, 0.1) is 12.8 Å².